The van der Waals surface area contributed by atoms with Crippen LogP contribution in [0.15, 0.2) is 57.5 Å². The maximum atomic E-state index is 12.4. The minimum absolute atomic E-state index is 0.0800. The van der Waals surface area contributed by atoms with Crippen molar-refractivity contribution < 1.29 is 9.21 Å². The number of hydrogen-bond acceptors (Lipinski definition) is 7. The molecule has 6 nitrogen and oxygen atoms in total. The number of amides is 1. The number of carbonyl (C=O) groups is 1. The average molecular weight is 471 g/mol. The Morgan fingerprint density at radius 1 is 1.19 bits per heavy atom. The molecule has 2 aromatic heterocycles. The van der Waals surface area contributed by atoms with Crippen LogP contribution in [-0.4, -0.2) is 21.1 Å². The number of hydrogen-bond donors (Lipinski definition) is 0. The summed E-state index contributed by atoms with van der Waals surface area (Å²) in [6.45, 7) is 5.57. The quantitative estimate of drug-likeness (QED) is 0.302. The lowest BCUT2D eigenvalue weighted by molar-refractivity contribution is -0.115. The molecule has 0 aliphatic heterocycles. The Labute approximate surface area is 193 Å². The van der Waals surface area contributed by atoms with Gasteiger partial charge in [-0.1, -0.05) is 47.1 Å². The number of aromatic nitrogens is 3. The van der Waals surface area contributed by atoms with E-state index in [4.69, 9.17) is 16.0 Å². The highest BCUT2D eigenvalue weighted by molar-refractivity contribution is 7.98. The van der Waals surface area contributed by atoms with Crippen LogP contribution in [0.2, 0.25) is 5.02 Å². The highest BCUT2D eigenvalue weighted by Crippen LogP contribution is 2.33. The molecule has 2 heterocycles. The second-order valence-corrected chi connectivity index (χ2v) is 9.14. The molecule has 0 N–H and O–H groups in total. The lowest BCUT2D eigenvalue weighted by Gasteiger charge is -2.20. The molecule has 2 aromatic carbocycles. The topological polar surface area (TPSA) is 72.1 Å². The predicted molar refractivity (Wildman–Crippen MR) is 125 cm³/mol. The van der Waals surface area contributed by atoms with Gasteiger partial charge in [-0.25, -0.2) is 4.98 Å². The minimum Gasteiger partial charge on any atom is -0.411 e. The van der Waals surface area contributed by atoms with Gasteiger partial charge in [-0.3, -0.25) is 9.69 Å². The van der Waals surface area contributed by atoms with Crippen molar-refractivity contribution in [2.24, 2.45) is 0 Å². The van der Waals surface area contributed by atoms with Crippen molar-refractivity contribution in [1.82, 2.24) is 15.2 Å². The summed E-state index contributed by atoms with van der Waals surface area (Å²) in [5, 5.41) is 11.8. The van der Waals surface area contributed by atoms with Gasteiger partial charge in [-0.15, -0.1) is 21.5 Å². The van der Waals surface area contributed by atoms with Gasteiger partial charge in [-0.2, -0.15) is 0 Å². The molecule has 0 aliphatic rings. The van der Waals surface area contributed by atoms with E-state index in [0.29, 0.717) is 27.0 Å². The van der Waals surface area contributed by atoms with E-state index in [-0.39, 0.29) is 5.91 Å². The smallest absolute Gasteiger partial charge is 0.277 e. The summed E-state index contributed by atoms with van der Waals surface area (Å²) in [6, 6.07) is 13.3. The summed E-state index contributed by atoms with van der Waals surface area (Å²) in [4.78, 5) is 18.7. The number of carbonyl (C=O) groups excluding carboxylic acids is 1. The molecule has 0 radical (unpaired) electrons. The monoisotopic (exact) mass is 470 g/mol. The highest BCUT2D eigenvalue weighted by atomic mass is 35.5. The van der Waals surface area contributed by atoms with E-state index in [1.165, 1.54) is 23.1 Å². The Kier molecular flexibility index (Phi) is 6.41. The molecule has 4 rings (SSSR count). The molecular formula is C22H19ClN4O2S2. The van der Waals surface area contributed by atoms with Crippen LogP contribution < -0.4 is 4.90 Å². The molecule has 0 unspecified atom stereocenters. The molecule has 9 heteroatoms. The van der Waals surface area contributed by atoms with E-state index < -0.39 is 0 Å². The second kappa shape index (κ2) is 9.21. The zero-order valence-electron chi connectivity index (χ0n) is 17.1. The van der Waals surface area contributed by atoms with Crippen LogP contribution in [0.5, 0.6) is 0 Å². The summed E-state index contributed by atoms with van der Waals surface area (Å²) in [7, 11) is 0. The number of thiazole rings is 1. The van der Waals surface area contributed by atoms with Gasteiger partial charge in [0.15, 0.2) is 5.13 Å². The van der Waals surface area contributed by atoms with Crippen LogP contribution >= 0.6 is 34.7 Å². The number of anilines is 2. The summed E-state index contributed by atoms with van der Waals surface area (Å²) in [6.07, 6.45) is 0. The summed E-state index contributed by atoms with van der Waals surface area (Å²) >= 11 is 8.85. The van der Waals surface area contributed by atoms with Gasteiger partial charge < -0.3 is 4.42 Å². The number of rotatable bonds is 6. The Balaban J connectivity index is 1.48. The van der Waals surface area contributed by atoms with Crippen LogP contribution in [0.25, 0.3) is 11.5 Å². The average Bonchev–Trinajstić information content (AvgIpc) is 3.38. The molecule has 0 spiro atoms. The Morgan fingerprint density at radius 3 is 2.77 bits per heavy atom. The van der Waals surface area contributed by atoms with Crippen molar-refractivity contribution in [3.05, 3.63) is 69.7 Å². The highest BCUT2D eigenvalue weighted by Gasteiger charge is 2.20. The van der Waals surface area contributed by atoms with E-state index in [1.54, 1.807) is 24.0 Å². The molecule has 0 atom stereocenters. The molecule has 4 aromatic rings. The van der Waals surface area contributed by atoms with E-state index >= 15 is 0 Å². The van der Waals surface area contributed by atoms with E-state index in [1.807, 2.05) is 43.5 Å². The second-order valence-electron chi connectivity index (χ2n) is 6.94. The molecular weight excluding hydrogens is 452 g/mol. The fraction of sp³-hybridized carbons (Fsp3) is 0.182. The summed E-state index contributed by atoms with van der Waals surface area (Å²) < 4.78 is 5.73. The molecule has 31 heavy (non-hydrogen) atoms. The predicted octanol–water partition coefficient (Wildman–Crippen LogP) is 6.44. The lowest BCUT2D eigenvalue weighted by atomic mass is 10.1. The first-order chi connectivity index (χ1) is 14.9. The van der Waals surface area contributed by atoms with Crippen molar-refractivity contribution in [1.29, 1.82) is 0 Å². The van der Waals surface area contributed by atoms with Gasteiger partial charge in [0.1, 0.15) is 0 Å². The van der Waals surface area contributed by atoms with Crippen LogP contribution in [0.4, 0.5) is 10.8 Å². The van der Waals surface area contributed by atoms with Gasteiger partial charge in [-0.05, 0) is 43.7 Å². The first kappa shape index (κ1) is 21.5. The molecule has 0 saturated carbocycles. The Hall–Kier alpha value is -2.68. The van der Waals surface area contributed by atoms with Crippen LogP contribution in [-0.2, 0) is 10.5 Å². The first-order valence-electron chi connectivity index (χ1n) is 9.45. The van der Waals surface area contributed by atoms with E-state index in [9.17, 15) is 4.79 Å². The van der Waals surface area contributed by atoms with Gasteiger partial charge in [0.2, 0.25) is 11.8 Å². The number of thioether (sulfide) groups is 1. The molecule has 0 fully saturated rings. The van der Waals surface area contributed by atoms with Crippen LogP contribution in [0.1, 0.15) is 23.7 Å². The number of aryl methyl sites for hydroxylation is 2. The van der Waals surface area contributed by atoms with E-state index in [0.717, 1.165) is 28.1 Å². The fourth-order valence-electron chi connectivity index (χ4n) is 3.07. The van der Waals surface area contributed by atoms with Crippen molar-refractivity contribution >= 4 is 51.4 Å². The lowest BCUT2D eigenvalue weighted by Crippen LogP contribution is -2.23. The fourth-order valence-corrected chi connectivity index (χ4v) is 4.90. The third kappa shape index (κ3) is 4.98. The van der Waals surface area contributed by atoms with Gasteiger partial charge in [0.25, 0.3) is 5.22 Å². The van der Waals surface area contributed by atoms with Crippen LogP contribution in [0, 0.1) is 13.8 Å². The molecule has 1 amide bonds. The zero-order valence-corrected chi connectivity index (χ0v) is 19.5. The first-order valence-corrected chi connectivity index (χ1v) is 11.7. The van der Waals surface area contributed by atoms with E-state index in [2.05, 4.69) is 21.2 Å². The largest absolute Gasteiger partial charge is 0.411 e. The van der Waals surface area contributed by atoms with Gasteiger partial charge in [0, 0.05) is 28.6 Å². The van der Waals surface area contributed by atoms with Crippen molar-refractivity contribution in [3.8, 4) is 11.5 Å². The van der Waals surface area contributed by atoms with Crippen molar-refractivity contribution in [2.45, 2.75) is 31.7 Å². The van der Waals surface area contributed by atoms with Crippen molar-refractivity contribution in [3.63, 3.8) is 0 Å². The number of halogens is 1. The maximum absolute atomic E-state index is 12.4. The number of benzene rings is 2. The number of nitrogens with zero attached hydrogens (tertiary/aromatic N) is 4. The molecule has 0 aliphatic carbocycles. The molecule has 158 valence electrons. The van der Waals surface area contributed by atoms with Crippen molar-refractivity contribution in [2.75, 3.05) is 4.90 Å². The summed E-state index contributed by atoms with van der Waals surface area (Å²) in [5.74, 6) is 0.886. The van der Waals surface area contributed by atoms with Crippen LogP contribution in [0.3, 0.4) is 0 Å². The van der Waals surface area contributed by atoms with Gasteiger partial charge >= 0.3 is 0 Å². The zero-order chi connectivity index (χ0) is 22.0. The normalized spacial score (nSPS) is 11.0. The third-order valence-corrected chi connectivity index (χ3v) is 6.42. The Morgan fingerprint density at radius 2 is 2.03 bits per heavy atom. The SMILES string of the molecule is CC(=O)N(c1nc(CSc2nnc(-c3cccc(Cl)c3)o2)cs1)c1ccc(C)cc1C. The van der Waals surface area contributed by atoms with Gasteiger partial charge in [0.05, 0.1) is 11.4 Å². The Bertz CT molecular complexity index is 1240. The molecule has 0 saturated heterocycles. The standard InChI is InChI=1S/C22H19ClN4O2S2/c1-13-7-8-19(14(2)9-13)27(15(3)28)21-24-18(11-30-21)12-31-22-26-25-20(29-22)16-5-4-6-17(23)10-16/h4-11H,12H2,1-3H3. The third-order valence-electron chi connectivity index (χ3n) is 4.46. The maximum Gasteiger partial charge on any atom is 0.277 e. The molecule has 0 bridgehead atoms. The summed E-state index contributed by atoms with van der Waals surface area (Å²) in [5.41, 5.74) is 4.63. The minimum atomic E-state index is -0.0800.